The van der Waals surface area contributed by atoms with Crippen molar-refractivity contribution < 1.29 is 5.11 Å². The van der Waals surface area contributed by atoms with Gasteiger partial charge in [-0.05, 0) is 18.9 Å². The quantitative estimate of drug-likeness (QED) is 0.748. The van der Waals surface area contributed by atoms with Gasteiger partial charge in [-0.3, -0.25) is 0 Å². The first kappa shape index (κ1) is 12.7. The van der Waals surface area contributed by atoms with Crippen LogP contribution in [0.2, 0.25) is 0 Å². The maximum Gasteiger partial charge on any atom is 0.0729 e. The third-order valence-electron chi connectivity index (χ3n) is 3.03. The molecular formula is C15H20O. The minimum absolute atomic E-state index is 0.209. The number of aryl methyl sites for hydroxylation is 1. The molecule has 0 saturated heterocycles. The van der Waals surface area contributed by atoms with Crippen LogP contribution in [-0.2, 0) is 5.41 Å². The van der Waals surface area contributed by atoms with Crippen molar-refractivity contribution in [2.45, 2.75) is 31.8 Å². The minimum atomic E-state index is -0.497. The number of aliphatic hydroxyl groups excluding tert-OH is 1. The van der Waals surface area contributed by atoms with Crippen LogP contribution in [0.4, 0.5) is 0 Å². The summed E-state index contributed by atoms with van der Waals surface area (Å²) in [5.41, 5.74) is 2.20. The van der Waals surface area contributed by atoms with E-state index in [0.29, 0.717) is 6.42 Å². The van der Waals surface area contributed by atoms with Gasteiger partial charge in [-0.2, -0.15) is 0 Å². The second-order valence-electron chi connectivity index (χ2n) is 4.50. The summed E-state index contributed by atoms with van der Waals surface area (Å²) in [7, 11) is 0. The zero-order valence-electron chi connectivity index (χ0n) is 10.1. The van der Waals surface area contributed by atoms with Gasteiger partial charge in [0.05, 0.1) is 6.10 Å². The van der Waals surface area contributed by atoms with Crippen molar-refractivity contribution >= 4 is 0 Å². The van der Waals surface area contributed by atoms with E-state index in [9.17, 15) is 5.11 Å². The molecule has 0 amide bonds. The van der Waals surface area contributed by atoms with E-state index in [1.54, 1.807) is 6.08 Å². The maximum absolute atomic E-state index is 9.69. The Hall–Kier alpha value is -1.34. The zero-order valence-corrected chi connectivity index (χ0v) is 10.1. The van der Waals surface area contributed by atoms with E-state index in [2.05, 4.69) is 45.2 Å². The standard InChI is InChI=1S/C15H20O/c1-5-14(16)11-15(4,6-2)13-9-7-8-12(3)10-13/h5-10,14,16H,1-2,11H2,3-4H3. The Balaban J connectivity index is 3.04. The van der Waals surface area contributed by atoms with Gasteiger partial charge < -0.3 is 5.11 Å². The number of rotatable bonds is 5. The minimum Gasteiger partial charge on any atom is -0.389 e. The number of benzene rings is 1. The first-order valence-corrected chi connectivity index (χ1v) is 5.53. The molecule has 0 fully saturated rings. The third-order valence-corrected chi connectivity index (χ3v) is 3.03. The van der Waals surface area contributed by atoms with Gasteiger partial charge in [0.15, 0.2) is 0 Å². The molecule has 1 aromatic rings. The van der Waals surface area contributed by atoms with Crippen molar-refractivity contribution in [2.75, 3.05) is 0 Å². The van der Waals surface area contributed by atoms with Crippen molar-refractivity contribution in [3.05, 3.63) is 60.7 Å². The molecule has 1 heteroatoms. The highest BCUT2D eigenvalue weighted by molar-refractivity contribution is 5.33. The van der Waals surface area contributed by atoms with Crippen LogP contribution in [0.3, 0.4) is 0 Å². The lowest BCUT2D eigenvalue weighted by Crippen LogP contribution is -2.24. The van der Waals surface area contributed by atoms with Crippen LogP contribution in [0, 0.1) is 6.92 Å². The van der Waals surface area contributed by atoms with E-state index in [1.807, 2.05) is 12.1 Å². The molecule has 2 atom stereocenters. The predicted octanol–water partition coefficient (Wildman–Crippen LogP) is 3.38. The van der Waals surface area contributed by atoms with Crippen molar-refractivity contribution in [1.82, 2.24) is 0 Å². The Morgan fingerprint density at radius 3 is 2.62 bits per heavy atom. The highest BCUT2D eigenvalue weighted by atomic mass is 16.3. The summed E-state index contributed by atoms with van der Waals surface area (Å²) >= 11 is 0. The molecule has 1 N–H and O–H groups in total. The van der Waals surface area contributed by atoms with Crippen LogP contribution >= 0.6 is 0 Å². The first-order valence-electron chi connectivity index (χ1n) is 5.53. The second-order valence-corrected chi connectivity index (χ2v) is 4.50. The summed E-state index contributed by atoms with van der Waals surface area (Å²) in [6.45, 7) is 11.6. The fourth-order valence-corrected chi connectivity index (χ4v) is 1.84. The molecule has 0 aliphatic heterocycles. The molecule has 1 aromatic carbocycles. The Bertz CT molecular complexity index is 381. The van der Waals surface area contributed by atoms with E-state index in [-0.39, 0.29) is 5.41 Å². The fraction of sp³-hybridized carbons (Fsp3) is 0.333. The molecule has 0 bridgehead atoms. The van der Waals surface area contributed by atoms with Crippen LogP contribution < -0.4 is 0 Å². The lowest BCUT2D eigenvalue weighted by Gasteiger charge is -2.28. The van der Waals surface area contributed by atoms with Crippen molar-refractivity contribution in [2.24, 2.45) is 0 Å². The molecular weight excluding hydrogens is 196 g/mol. The van der Waals surface area contributed by atoms with Gasteiger partial charge in [0.2, 0.25) is 0 Å². The largest absolute Gasteiger partial charge is 0.389 e. The van der Waals surface area contributed by atoms with Crippen molar-refractivity contribution in [3.8, 4) is 0 Å². The van der Waals surface area contributed by atoms with E-state index in [4.69, 9.17) is 0 Å². The van der Waals surface area contributed by atoms with E-state index < -0.39 is 6.10 Å². The number of aliphatic hydroxyl groups is 1. The molecule has 0 radical (unpaired) electrons. The van der Waals surface area contributed by atoms with Crippen LogP contribution in [-0.4, -0.2) is 11.2 Å². The van der Waals surface area contributed by atoms with Gasteiger partial charge in [-0.1, -0.05) is 48.9 Å². The summed E-state index contributed by atoms with van der Waals surface area (Å²) < 4.78 is 0. The topological polar surface area (TPSA) is 20.2 Å². The Morgan fingerprint density at radius 1 is 1.44 bits per heavy atom. The van der Waals surface area contributed by atoms with Crippen LogP contribution in [0.5, 0.6) is 0 Å². The smallest absolute Gasteiger partial charge is 0.0729 e. The van der Waals surface area contributed by atoms with Crippen molar-refractivity contribution in [3.63, 3.8) is 0 Å². The summed E-state index contributed by atoms with van der Waals surface area (Å²) in [6, 6.07) is 8.31. The molecule has 2 unspecified atom stereocenters. The summed E-state index contributed by atoms with van der Waals surface area (Å²) in [5.74, 6) is 0. The van der Waals surface area contributed by atoms with Gasteiger partial charge >= 0.3 is 0 Å². The molecule has 0 spiro atoms. The van der Waals surface area contributed by atoms with E-state index >= 15 is 0 Å². The summed E-state index contributed by atoms with van der Waals surface area (Å²) in [5, 5.41) is 9.69. The number of allylic oxidation sites excluding steroid dienone is 1. The molecule has 0 aromatic heterocycles. The fourth-order valence-electron chi connectivity index (χ4n) is 1.84. The Kier molecular flexibility index (Phi) is 4.08. The number of hydrogen-bond acceptors (Lipinski definition) is 1. The molecule has 16 heavy (non-hydrogen) atoms. The molecule has 0 aliphatic carbocycles. The highest BCUT2D eigenvalue weighted by Gasteiger charge is 2.25. The van der Waals surface area contributed by atoms with E-state index in [0.717, 1.165) is 0 Å². The maximum atomic E-state index is 9.69. The van der Waals surface area contributed by atoms with Gasteiger partial charge in [-0.15, -0.1) is 13.2 Å². The Labute approximate surface area is 98.1 Å². The molecule has 86 valence electrons. The van der Waals surface area contributed by atoms with Gasteiger partial charge in [0.25, 0.3) is 0 Å². The van der Waals surface area contributed by atoms with Gasteiger partial charge in [0.1, 0.15) is 0 Å². The average Bonchev–Trinajstić information content (AvgIpc) is 2.28. The molecule has 1 rings (SSSR count). The van der Waals surface area contributed by atoms with Crippen LogP contribution in [0.15, 0.2) is 49.6 Å². The SMILES string of the molecule is C=CC(O)CC(C)(C=C)c1cccc(C)c1. The molecule has 0 aliphatic rings. The van der Waals surface area contributed by atoms with Crippen LogP contribution in [0.1, 0.15) is 24.5 Å². The second kappa shape index (κ2) is 5.13. The predicted molar refractivity (Wildman–Crippen MR) is 69.5 cm³/mol. The van der Waals surface area contributed by atoms with Crippen molar-refractivity contribution in [1.29, 1.82) is 0 Å². The third kappa shape index (κ3) is 2.83. The molecule has 0 saturated carbocycles. The normalized spacial score (nSPS) is 16.2. The summed E-state index contributed by atoms with van der Waals surface area (Å²) in [4.78, 5) is 0. The number of hydrogen-bond donors (Lipinski definition) is 1. The summed E-state index contributed by atoms with van der Waals surface area (Å²) in [6.07, 6.45) is 3.58. The molecule has 0 heterocycles. The highest BCUT2D eigenvalue weighted by Crippen LogP contribution is 2.30. The first-order chi connectivity index (χ1) is 7.51. The van der Waals surface area contributed by atoms with Gasteiger partial charge in [0, 0.05) is 5.41 Å². The van der Waals surface area contributed by atoms with Crippen LogP contribution in [0.25, 0.3) is 0 Å². The monoisotopic (exact) mass is 216 g/mol. The Morgan fingerprint density at radius 2 is 2.12 bits per heavy atom. The molecule has 1 nitrogen and oxygen atoms in total. The zero-order chi connectivity index (χ0) is 12.2. The lowest BCUT2D eigenvalue weighted by molar-refractivity contribution is 0.190. The average molecular weight is 216 g/mol. The van der Waals surface area contributed by atoms with E-state index in [1.165, 1.54) is 11.1 Å². The lowest BCUT2D eigenvalue weighted by atomic mass is 9.77. The van der Waals surface area contributed by atoms with Gasteiger partial charge in [-0.25, -0.2) is 0 Å².